The molecular weight excluding hydrogens is 703 g/mol. The van der Waals surface area contributed by atoms with Gasteiger partial charge in [0.2, 0.25) is 0 Å². The fourth-order valence-electron chi connectivity index (χ4n) is 7.92. The van der Waals surface area contributed by atoms with E-state index < -0.39 is 0 Å². The summed E-state index contributed by atoms with van der Waals surface area (Å²) in [5, 5.41) is 4.68. The van der Waals surface area contributed by atoms with Crippen molar-refractivity contribution in [3.63, 3.8) is 0 Å². The number of benzene rings is 9. The molecule has 0 spiro atoms. The van der Waals surface area contributed by atoms with Crippen molar-refractivity contribution in [3.8, 4) is 56.4 Å². The van der Waals surface area contributed by atoms with Crippen LogP contribution < -0.4 is 14.4 Å². The van der Waals surface area contributed by atoms with Gasteiger partial charge in [0.1, 0.15) is 11.5 Å². The lowest BCUT2D eigenvalue weighted by Crippen LogP contribution is -2.09. The Kier molecular flexibility index (Phi) is 7.68. The van der Waals surface area contributed by atoms with Crippen LogP contribution in [0, 0.1) is 0 Å². The van der Waals surface area contributed by atoms with Crippen LogP contribution in [0.3, 0.4) is 0 Å². The molecule has 0 saturated heterocycles. The van der Waals surface area contributed by atoms with E-state index in [4.69, 9.17) is 9.47 Å². The van der Waals surface area contributed by atoms with Gasteiger partial charge in [-0.1, -0.05) is 133 Å². The minimum atomic E-state index is 0.705. The van der Waals surface area contributed by atoms with E-state index in [-0.39, 0.29) is 0 Å². The average Bonchev–Trinajstić information content (AvgIpc) is 3.55. The third kappa shape index (κ3) is 5.67. The molecule has 4 heteroatoms. The highest BCUT2D eigenvalue weighted by atomic mass is 32.1. The van der Waals surface area contributed by atoms with Crippen LogP contribution in [0.5, 0.6) is 23.0 Å². The molecular formula is C52H33NO2S. The zero-order chi connectivity index (χ0) is 37.0. The van der Waals surface area contributed by atoms with Crippen LogP contribution in [0.15, 0.2) is 200 Å². The second kappa shape index (κ2) is 13.3. The van der Waals surface area contributed by atoms with Crippen molar-refractivity contribution in [1.82, 2.24) is 0 Å². The Morgan fingerprint density at radius 2 is 0.839 bits per heavy atom. The minimum absolute atomic E-state index is 0.705. The maximum atomic E-state index is 6.46. The van der Waals surface area contributed by atoms with Gasteiger partial charge in [0, 0.05) is 37.2 Å². The molecule has 0 unspecified atom stereocenters. The number of fused-ring (bicyclic) bond motifs is 4. The number of rotatable bonds is 6. The highest BCUT2D eigenvalue weighted by molar-refractivity contribution is 7.25. The quantitative estimate of drug-likeness (QED) is 0.170. The zero-order valence-corrected chi connectivity index (χ0v) is 31.0. The Morgan fingerprint density at radius 3 is 1.52 bits per heavy atom. The van der Waals surface area contributed by atoms with E-state index in [1.165, 1.54) is 31.3 Å². The van der Waals surface area contributed by atoms with Crippen LogP contribution in [0.1, 0.15) is 0 Å². The smallest absolute Gasteiger partial charge is 0.170 e. The average molecular weight is 736 g/mol. The van der Waals surface area contributed by atoms with Crippen molar-refractivity contribution >= 4 is 59.3 Å². The van der Waals surface area contributed by atoms with E-state index in [0.717, 1.165) is 61.6 Å². The summed E-state index contributed by atoms with van der Waals surface area (Å²) in [4.78, 5) is 2.36. The van der Waals surface area contributed by atoms with E-state index in [1.54, 1.807) is 0 Å². The Hall–Kier alpha value is -7.14. The number of hydrogen-bond donors (Lipinski definition) is 0. The molecule has 0 aliphatic carbocycles. The van der Waals surface area contributed by atoms with E-state index in [1.807, 2.05) is 41.7 Å². The van der Waals surface area contributed by atoms with Crippen molar-refractivity contribution < 1.29 is 9.47 Å². The minimum Gasteiger partial charge on any atom is -0.453 e. The third-order valence-electron chi connectivity index (χ3n) is 10.7. The van der Waals surface area contributed by atoms with Gasteiger partial charge >= 0.3 is 0 Å². The molecule has 10 aromatic rings. The first kappa shape index (κ1) is 32.3. The normalized spacial score (nSPS) is 11.9. The standard InChI is InChI=1S/C52H33NO2S/c1-2-8-34(9-3-1)36-20-25-41(26-21-36)53(43-29-30-45-44-12-4-5-15-50(44)56-51(45)33-43)42-27-22-37(23-28-42)35-16-18-38(19-17-35)40-24-31-46-49(32-40)55-48-14-7-11-39-10-6-13-47(54-46)52(39)48/h1-33H. The molecule has 0 N–H and O–H groups in total. The van der Waals surface area contributed by atoms with Crippen LogP contribution in [-0.2, 0) is 0 Å². The van der Waals surface area contributed by atoms with Gasteiger partial charge in [-0.2, -0.15) is 0 Å². The summed E-state index contributed by atoms with van der Waals surface area (Å²) >= 11 is 1.85. The molecule has 3 nitrogen and oxygen atoms in total. The molecule has 0 atom stereocenters. The summed E-state index contributed by atoms with van der Waals surface area (Å²) < 4.78 is 15.4. The molecule has 0 bridgehead atoms. The van der Waals surface area contributed by atoms with Gasteiger partial charge < -0.3 is 14.4 Å². The predicted molar refractivity (Wildman–Crippen MR) is 234 cm³/mol. The molecule has 0 amide bonds. The lowest BCUT2D eigenvalue weighted by Gasteiger charge is -2.26. The summed E-state index contributed by atoms with van der Waals surface area (Å²) in [6.45, 7) is 0. The maximum absolute atomic E-state index is 6.46. The van der Waals surface area contributed by atoms with E-state index in [9.17, 15) is 0 Å². The van der Waals surface area contributed by atoms with E-state index in [0.29, 0.717) is 11.5 Å². The number of thiophene rings is 1. The van der Waals surface area contributed by atoms with Crippen molar-refractivity contribution in [1.29, 1.82) is 0 Å². The first-order chi connectivity index (χ1) is 27.7. The van der Waals surface area contributed by atoms with Crippen LogP contribution in [0.25, 0.3) is 64.3 Å². The molecule has 0 radical (unpaired) electrons. The molecule has 1 aliphatic heterocycles. The summed E-state index contributed by atoms with van der Waals surface area (Å²) in [5.41, 5.74) is 10.2. The number of ether oxygens (including phenoxy) is 2. The predicted octanol–water partition coefficient (Wildman–Crippen LogP) is 15.6. The molecule has 264 valence electrons. The van der Waals surface area contributed by atoms with E-state index >= 15 is 0 Å². The van der Waals surface area contributed by atoms with Crippen molar-refractivity contribution in [2.75, 3.05) is 4.90 Å². The van der Waals surface area contributed by atoms with Crippen LogP contribution in [-0.4, -0.2) is 0 Å². The first-order valence-corrected chi connectivity index (χ1v) is 19.6. The summed E-state index contributed by atoms with van der Waals surface area (Å²) in [5.74, 6) is 3.02. The highest BCUT2D eigenvalue weighted by Crippen LogP contribution is 2.47. The number of hydrogen-bond acceptors (Lipinski definition) is 4. The largest absolute Gasteiger partial charge is 0.453 e. The van der Waals surface area contributed by atoms with Crippen molar-refractivity contribution in [2.45, 2.75) is 0 Å². The van der Waals surface area contributed by atoms with Gasteiger partial charge in [-0.3, -0.25) is 0 Å². The van der Waals surface area contributed by atoms with Gasteiger partial charge in [0.15, 0.2) is 11.5 Å². The third-order valence-corrected chi connectivity index (χ3v) is 11.9. The molecule has 11 rings (SSSR count). The summed E-state index contributed by atoms with van der Waals surface area (Å²) in [7, 11) is 0. The Bertz CT molecular complexity index is 3050. The van der Waals surface area contributed by atoms with Gasteiger partial charge in [0.25, 0.3) is 0 Å². The molecule has 2 heterocycles. The second-order valence-electron chi connectivity index (χ2n) is 14.1. The molecule has 56 heavy (non-hydrogen) atoms. The Labute approximate surface area is 328 Å². The second-order valence-corrected chi connectivity index (χ2v) is 15.2. The topological polar surface area (TPSA) is 21.7 Å². The lowest BCUT2D eigenvalue weighted by atomic mass is 9.99. The molecule has 0 fully saturated rings. The lowest BCUT2D eigenvalue weighted by molar-refractivity contribution is 0.439. The Morgan fingerprint density at radius 1 is 0.321 bits per heavy atom. The monoisotopic (exact) mass is 735 g/mol. The highest BCUT2D eigenvalue weighted by Gasteiger charge is 2.20. The SMILES string of the molecule is c1ccc(-c2ccc(N(c3ccc(-c4ccc(-c5ccc6c(c5)Oc5cccc7cccc(c57)O6)cc4)cc3)c3ccc4c(c3)sc3ccccc34)cc2)cc1. The zero-order valence-electron chi connectivity index (χ0n) is 30.2. The molecule has 0 saturated carbocycles. The molecule has 9 aromatic carbocycles. The van der Waals surface area contributed by atoms with Gasteiger partial charge in [-0.05, 0) is 105 Å². The Balaban J connectivity index is 0.906. The summed E-state index contributed by atoms with van der Waals surface area (Å²) in [6.07, 6.45) is 0. The van der Waals surface area contributed by atoms with Crippen molar-refractivity contribution in [3.05, 3.63) is 200 Å². The van der Waals surface area contributed by atoms with Gasteiger partial charge in [-0.15, -0.1) is 11.3 Å². The maximum Gasteiger partial charge on any atom is 0.170 e. The first-order valence-electron chi connectivity index (χ1n) is 18.8. The molecule has 1 aliphatic rings. The van der Waals surface area contributed by atoms with Crippen molar-refractivity contribution in [2.24, 2.45) is 0 Å². The van der Waals surface area contributed by atoms with Gasteiger partial charge in [0.05, 0.1) is 5.39 Å². The number of anilines is 3. The van der Waals surface area contributed by atoms with Crippen LogP contribution in [0.4, 0.5) is 17.1 Å². The van der Waals surface area contributed by atoms with Gasteiger partial charge in [-0.25, -0.2) is 0 Å². The molecule has 1 aromatic heterocycles. The summed E-state index contributed by atoms with van der Waals surface area (Å²) in [6, 6.07) is 71.0. The van der Waals surface area contributed by atoms with Crippen LogP contribution >= 0.6 is 11.3 Å². The number of nitrogens with zero attached hydrogens (tertiary/aromatic N) is 1. The fourth-order valence-corrected chi connectivity index (χ4v) is 9.06. The van der Waals surface area contributed by atoms with E-state index in [2.05, 4.69) is 175 Å². The van der Waals surface area contributed by atoms with Crippen LogP contribution in [0.2, 0.25) is 0 Å². The fraction of sp³-hybridized carbons (Fsp3) is 0.